The van der Waals surface area contributed by atoms with Gasteiger partial charge in [-0.15, -0.1) is 11.3 Å². The summed E-state index contributed by atoms with van der Waals surface area (Å²) < 4.78 is 1.75. The zero-order valence-electron chi connectivity index (χ0n) is 10.8. The standard InChI is InChI=1S/C14H6ClN3O2S2/c15-9-1-3-13-11(6-9)17-14(22-13)21-12-4-2-10(18(19)20)5-8(12)7-16/h1-6H. The van der Waals surface area contributed by atoms with Crippen molar-refractivity contribution < 1.29 is 4.92 Å². The first-order chi connectivity index (χ1) is 10.6. The third kappa shape index (κ3) is 2.90. The first-order valence-electron chi connectivity index (χ1n) is 5.99. The van der Waals surface area contributed by atoms with Gasteiger partial charge in [-0.2, -0.15) is 5.26 Å². The molecule has 1 aromatic heterocycles. The monoisotopic (exact) mass is 347 g/mol. The highest BCUT2D eigenvalue weighted by Crippen LogP contribution is 2.37. The normalized spacial score (nSPS) is 10.5. The molecule has 3 aromatic rings. The van der Waals surface area contributed by atoms with Crippen molar-refractivity contribution in [3.05, 3.63) is 57.1 Å². The number of hydrogen-bond donors (Lipinski definition) is 0. The topological polar surface area (TPSA) is 79.8 Å². The third-order valence-electron chi connectivity index (χ3n) is 2.82. The Morgan fingerprint density at radius 2 is 2.14 bits per heavy atom. The molecule has 0 N–H and O–H groups in total. The number of nitrogens with zero attached hydrogens (tertiary/aromatic N) is 3. The Labute approximate surface area is 138 Å². The van der Waals surface area contributed by atoms with E-state index < -0.39 is 4.92 Å². The van der Waals surface area contributed by atoms with E-state index >= 15 is 0 Å². The van der Waals surface area contributed by atoms with E-state index in [2.05, 4.69) is 4.98 Å². The quantitative estimate of drug-likeness (QED) is 0.498. The number of halogens is 1. The second-order valence-electron chi connectivity index (χ2n) is 4.24. The Kier molecular flexibility index (Phi) is 3.98. The van der Waals surface area contributed by atoms with Crippen molar-refractivity contribution in [2.45, 2.75) is 9.24 Å². The van der Waals surface area contributed by atoms with Crippen LogP contribution in [-0.4, -0.2) is 9.91 Å². The molecule has 0 spiro atoms. The number of thiazole rings is 1. The van der Waals surface area contributed by atoms with Crippen LogP contribution in [0.25, 0.3) is 10.2 Å². The first-order valence-corrected chi connectivity index (χ1v) is 8.00. The Balaban J connectivity index is 1.97. The predicted molar refractivity (Wildman–Crippen MR) is 86.6 cm³/mol. The molecule has 0 aliphatic rings. The lowest BCUT2D eigenvalue weighted by Gasteiger charge is -2.00. The van der Waals surface area contributed by atoms with Gasteiger partial charge in [-0.3, -0.25) is 10.1 Å². The highest BCUT2D eigenvalue weighted by Gasteiger charge is 2.13. The van der Waals surface area contributed by atoms with Gasteiger partial charge in [0, 0.05) is 22.1 Å². The summed E-state index contributed by atoms with van der Waals surface area (Å²) in [6.45, 7) is 0. The van der Waals surface area contributed by atoms with Gasteiger partial charge in [0.1, 0.15) is 6.07 Å². The highest BCUT2D eigenvalue weighted by molar-refractivity contribution is 8.01. The van der Waals surface area contributed by atoms with Gasteiger partial charge in [-0.05, 0) is 24.3 Å². The summed E-state index contributed by atoms with van der Waals surface area (Å²) in [4.78, 5) is 15.3. The number of rotatable bonds is 3. The van der Waals surface area contributed by atoms with Crippen molar-refractivity contribution in [3.63, 3.8) is 0 Å². The molecular formula is C14H6ClN3O2S2. The number of nitriles is 1. The third-order valence-corrected chi connectivity index (χ3v) is 5.23. The summed E-state index contributed by atoms with van der Waals surface area (Å²) in [6.07, 6.45) is 0. The minimum atomic E-state index is -0.519. The predicted octanol–water partition coefficient (Wildman–Crippen LogP) is 4.88. The molecule has 1 heterocycles. The van der Waals surface area contributed by atoms with Gasteiger partial charge in [0.15, 0.2) is 4.34 Å². The Hall–Kier alpha value is -2.14. The van der Waals surface area contributed by atoms with Gasteiger partial charge in [0.25, 0.3) is 5.69 Å². The smallest absolute Gasteiger partial charge is 0.258 e. The lowest BCUT2D eigenvalue weighted by molar-refractivity contribution is -0.384. The van der Waals surface area contributed by atoms with Crippen LogP contribution in [0.3, 0.4) is 0 Å². The van der Waals surface area contributed by atoms with E-state index in [9.17, 15) is 10.1 Å². The van der Waals surface area contributed by atoms with Gasteiger partial charge in [0.2, 0.25) is 0 Å². The van der Waals surface area contributed by atoms with Crippen molar-refractivity contribution in [2.75, 3.05) is 0 Å². The van der Waals surface area contributed by atoms with E-state index in [4.69, 9.17) is 16.9 Å². The van der Waals surface area contributed by atoms with Gasteiger partial charge >= 0.3 is 0 Å². The van der Waals surface area contributed by atoms with Crippen molar-refractivity contribution in [3.8, 4) is 6.07 Å². The number of non-ortho nitro benzene ring substituents is 1. The minimum Gasteiger partial charge on any atom is -0.258 e. The molecule has 0 aliphatic heterocycles. The Bertz CT molecular complexity index is 933. The van der Waals surface area contributed by atoms with Gasteiger partial charge in [0.05, 0.1) is 20.7 Å². The average Bonchev–Trinajstić information content (AvgIpc) is 2.88. The fraction of sp³-hybridized carbons (Fsp3) is 0. The molecule has 22 heavy (non-hydrogen) atoms. The lowest BCUT2D eigenvalue weighted by Crippen LogP contribution is -1.90. The lowest BCUT2D eigenvalue weighted by atomic mass is 10.2. The summed E-state index contributed by atoms with van der Waals surface area (Å²) >= 11 is 8.72. The molecule has 8 heteroatoms. The fourth-order valence-corrected chi connectivity index (χ4v) is 4.06. The molecule has 0 fully saturated rings. The number of aromatic nitrogens is 1. The molecule has 0 atom stereocenters. The van der Waals surface area contributed by atoms with Gasteiger partial charge in [-0.1, -0.05) is 23.4 Å². The van der Waals surface area contributed by atoms with Crippen molar-refractivity contribution in [1.82, 2.24) is 4.98 Å². The second kappa shape index (κ2) is 5.93. The Morgan fingerprint density at radius 1 is 1.32 bits per heavy atom. The largest absolute Gasteiger partial charge is 0.270 e. The molecule has 0 bridgehead atoms. The van der Waals surface area contributed by atoms with Gasteiger partial charge in [-0.25, -0.2) is 4.98 Å². The van der Waals surface area contributed by atoms with E-state index in [0.717, 1.165) is 14.6 Å². The molecule has 0 aliphatic carbocycles. The van der Waals surface area contributed by atoms with E-state index in [1.54, 1.807) is 18.2 Å². The van der Waals surface area contributed by atoms with E-state index in [-0.39, 0.29) is 11.3 Å². The molecule has 0 unspecified atom stereocenters. The average molecular weight is 348 g/mol. The second-order valence-corrected chi connectivity index (χ2v) is 7.00. The zero-order valence-corrected chi connectivity index (χ0v) is 13.2. The fourth-order valence-electron chi connectivity index (χ4n) is 1.83. The molecule has 0 saturated heterocycles. The zero-order chi connectivity index (χ0) is 15.7. The molecular weight excluding hydrogens is 342 g/mol. The van der Waals surface area contributed by atoms with Crippen LogP contribution in [0.2, 0.25) is 5.02 Å². The molecule has 0 radical (unpaired) electrons. The number of hydrogen-bond acceptors (Lipinski definition) is 6. The van der Waals surface area contributed by atoms with Crippen LogP contribution in [-0.2, 0) is 0 Å². The molecule has 0 saturated carbocycles. The van der Waals surface area contributed by atoms with Crippen LogP contribution in [0.1, 0.15) is 5.56 Å². The number of nitro groups is 1. The number of benzene rings is 2. The molecule has 0 amide bonds. The maximum Gasteiger partial charge on any atom is 0.270 e. The molecule has 2 aromatic carbocycles. The molecule has 108 valence electrons. The van der Waals surface area contributed by atoms with Crippen molar-refractivity contribution in [2.24, 2.45) is 0 Å². The van der Waals surface area contributed by atoms with Crippen LogP contribution >= 0.6 is 34.7 Å². The van der Waals surface area contributed by atoms with E-state index in [1.807, 2.05) is 12.1 Å². The van der Waals surface area contributed by atoms with Crippen molar-refractivity contribution >= 4 is 50.6 Å². The van der Waals surface area contributed by atoms with Crippen LogP contribution in [0.4, 0.5) is 5.69 Å². The number of nitro benzene ring substituents is 1. The molecule has 5 nitrogen and oxygen atoms in total. The van der Waals surface area contributed by atoms with E-state index in [0.29, 0.717) is 9.92 Å². The maximum absolute atomic E-state index is 10.8. The molecule has 3 rings (SSSR count). The Morgan fingerprint density at radius 3 is 2.86 bits per heavy atom. The first kappa shape index (κ1) is 14.8. The van der Waals surface area contributed by atoms with Crippen LogP contribution in [0.5, 0.6) is 0 Å². The summed E-state index contributed by atoms with van der Waals surface area (Å²) in [5.41, 5.74) is 0.953. The summed E-state index contributed by atoms with van der Waals surface area (Å²) in [7, 11) is 0. The maximum atomic E-state index is 10.8. The summed E-state index contributed by atoms with van der Waals surface area (Å²) in [5.74, 6) is 0. The summed E-state index contributed by atoms with van der Waals surface area (Å²) in [5, 5.41) is 20.5. The van der Waals surface area contributed by atoms with Crippen LogP contribution < -0.4 is 0 Å². The van der Waals surface area contributed by atoms with E-state index in [1.165, 1.54) is 35.2 Å². The van der Waals surface area contributed by atoms with Gasteiger partial charge < -0.3 is 0 Å². The number of fused-ring (bicyclic) bond motifs is 1. The van der Waals surface area contributed by atoms with Crippen LogP contribution in [0.15, 0.2) is 45.6 Å². The van der Waals surface area contributed by atoms with Crippen molar-refractivity contribution in [1.29, 1.82) is 5.26 Å². The SMILES string of the molecule is N#Cc1cc([N+](=O)[O-])ccc1Sc1nc2cc(Cl)ccc2s1. The van der Waals surface area contributed by atoms with Crippen LogP contribution in [0, 0.1) is 21.4 Å². The minimum absolute atomic E-state index is 0.100. The summed E-state index contributed by atoms with van der Waals surface area (Å²) in [6, 6.07) is 11.7. The highest BCUT2D eigenvalue weighted by atomic mass is 35.5.